The maximum Gasteiger partial charge on any atom is 0.290 e. The molecule has 2 aromatic carbocycles. The van der Waals surface area contributed by atoms with Crippen LogP contribution in [0.1, 0.15) is 22.2 Å². The normalized spacial score (nSPS) is 16.1. The second kappa shape index (κ2) is 9.17. The van der Waals surface area contributed by atoms with E-state index in [2.05, 4.69) is 0 Å². The lowest BCUT2D eigenvalue weighted by atomic mass is 9.94. The van der Waals surface area contributed by atoms with Crippen LogP contribution in [0.3, 0.4) is 0 Å². The molecule has 2 heterocycles. The average Bonchev–Trinajstić information content (AvgIpc) is 3.35. The highest BCUT2D eigenvalue weighted by Gasteiger charge is 2.45. The number of furan rings is 1. The summed E-state index contributed by atoms with van der Waals surface area (Å²) in [6.07, 6.45) is 0. The van der Waals surface area contributed by atoms with Gasteiger partial charge in [-0.2, -0.15) is 0 Å². The zero-order chi connectivity index (χ0) is 23.7. The summed E-state index contributed by atoms with van der Waals surface area (Å²) in [6.45, 7) is 0.337. The van der Waals surface area contributed by atoms with Crippen molar-refractivity contribution >= 4 is 34.3 Å². The molecule has 0 saturated carbocycles. The second-order valence-electron chi connectivity index (χ2n) is 7.36. The van der Waals surface area contributed by atoms with Crippen molar-refractivity contribution in [2.75, 3.05) is 34.5 Å². The molecule has 0 saturated heterocycles. The fourth-order valence-corrected chi connectivity index (χ4v) is 4.20. The van der Waals surface area contributed by atoms with Gasteiger partial charge in [0, 0.05) is 29.6 Å². The molecule has 9 heteroatoms. The Bertz CT molecular complexity index is 1260. The minimum absolute atomic E-state index is 0.0259. The molecule has 8 nitrogen and oxygen atoms in total. The summed E-state index contributed by atoms with van der Waals surface area (Å²) in [5.74, 6) is -1.22. The average molecular weight is 472 g/mol. The molecule has 0 radical (unpaired) electrons. The van der Waals surface area contributed by atoms with Crippen molar-refractivity contribution in [1.29, 1.82) is 0 Å². The van der Waals surface area contributed by atoms with Gasteiger partial charge in [-0.05, 0) is 30.3 Å². The number of ketones is 1. The van der Waals surface area contributed by atoms with Crippen LogP contribution in [0, 0.1) is 0 Å². The van der Waals surface area contributed by atoms with E-state index in [1.165, 1.54) is 32.3 Å². The Labute approximate surface area is 194 Å². The molecule has 1 atom stereocenters. The molecule has 4 rings (SSSR count). The van der Waals surface area contributed by atoms with Crippen LogP contribution in [-0.4, -0.2) is 56.2 Å². The Kier molecular flexibility index (Phi) is 6.31. The van der Waals surface area contributed by atoms with E-state index in [9.17, 15) is 14.7 Å². The summed E-state index contributed by atoms with van der Waals surface area (Å²) in [5, 5.41) is 11.9. The molecule has 1 aromatic heterocycles. The number of rotatable bonds is 8. The highest BCUT2D eigenvalue weighted by molar-refractivity contribution is 6.31. The number of aliphatic hydroxyl groups excluding tert-OH is 1. The monoisotopic (exact) mass is 471 g/mol. The predicted molar refractivity (Wildman–Crippen MR) is 121 cm³/mol. The number of carbonyl (C=O) groups excluding carboxylic acids is 2. The van der Waals surface area contributed by atoms with Crippen LogP contribution >= 0.6 is 11.6 Å². The van der Waals surface area contributed by atoms with Crippen LogP contribution in [-0.2, 0) is 9.53 Å². The maximum absolute atomic E-state index is 13.6. The van der Waals surface area contributed by atoms with Gasteiger partial charge in [0.25, 0.3) is 5.91 Å². The Hall–Kier alpha value is -3.49. The van der Waals surface area contributed by atoms with E-state index in [1.807, 2.05) is 0 Å². The van der Waals surface area contributed by atoms with Crippen molar-refractivity contribution in [2.24, 2.45) is 0 Å². The Morgan fingerprint density at radius 3 is 2.64 bits per heavy atom. The van der Waals surface area contributed by atoms with Crippen molar-refractivity contribution in [2.45, 2.75) is 6.04 Å². The van der Waals surface area contributed by atoms with Crippen molar-refractivity contribution in [3.63, 3.8) is 0 Å². The standard InChI is InChI=1S/C24H22ClNO7/c1-30-10-9-26-20(15-5-4-6-17(31-2)23(15)32-3)19(22(28)24(26)29)21(27)18-12-13-11-14(25)7-8-16(13)33-18/h4-8,11-12,20,28H,9-10H2,1-3H3. The van der Waals surface area contributed by atoms with Gasteiger partial charge in [-0.3, -0.25) is 9.59 Å². The van der Waals surface area contributed by atoms with E-state index in [0.29, 0.717) is 33.1 Å². The zero-order valence-corrected chi connectivity index (χ0v) is 19.0. The van der Waals surface area contributed by atoms with Crippen LogP contribution in [0.25, 0.3) is 11.0 Å². The number of nitrogens with zero attached hydrogens (tertiary/aromatic N) is 1. The third kappa shape index (κ3) is 3.92. The minimum atomic E-state index is -0.943. The van der Waals surface area contributed by atoms with Gasteiger partial charge in [0.15, 0.2) is 23.0 Å². The minimum Gasteiger partial charge on any atom is -0.503 e. The number of fused-ring (bicyclic) bond motifs is 1. The van der Waals surface area contributed by atoms with Gasteiger partial charge in [0.1, 0.15) is 5.58 Å². The molecule has 1 unspecified atom stereocenters. The number of amides is 1. The number of carbonyl (C=O) groups is 2. The quantitative estimate of drug-likeness (QED) is 0.488. The summed E-state index contributed by atoms with van der Waals surface area (Å²) >= 11 is 6.04. The molecule has 1 amide bonds. The molecule has 0 bridgehead atoms. The third-order valence-electron chi connectivity index (χ3n) is 5.51. The number of hydrogen-bond acceptors (Lipinski definition) is 7. The zero-order valence-electron chi connectivity index (χ0n) is 18.3. The highest BCUT2D eigenvalue weighted by Crippen LogP contribution is 2.45. The smallest absolute Gasteiger partial charge is 0.290 e. The molecule has 1 N–H and O–H groups in total. The molecule has 172 valence electrons. The lowest BCUT2D eigenvalue weighted by molar-refractivity contribution is -0.130. The van der Waals surface area contributed by atoms with Crippen LogP contribution in [0.4, 0.5) is 0 Å². The number of aliphatic hydroxyl groups is 1. The number of benzene rings is 2. The molecular formula is C24H22ClNO7. The molecular weight excluding hydrogens is 450 g/mol. The third-order valence-corrected chi connectivity index (χ3v) is 5.75. The van der Waals surface area contributed by atoms with E-state index in [1.54, 1.807) is 36.4 Å². The first kappa shape index (κ1) is 22.7. The molecule has 3 aromatic rings. The number of Topliss-reactive ketones (excluding diaryl/α,β-unsaturated/α-hetero) is 1. The van der Waals surface area contributed by atoms with Crippen LogP contribution in [0.2, 0.25) is 5.02 Å². The molecule has 1 aliphatic heterocycles. The van der Waals surface area contributed by atoms with Gasteiger partial charge < -0.3 is 28.6 Å². The first-order chi connectivity index (χ1) is 15.9. The Balaban J connectivity index is 1.86. The van der Waals surface area contributed by atoms with E-state index in [4.69, 9.17) is 30.2 Å². The summed E-state index contributed by atoms with van der Waals surface area (Å²) in [4.78, 5) is 28.0. The lowest BCUT2D eigenvalue weighted by Crippen LogP contribution is -2.34. The van der Waals surface area contributed by atoms with Gasteiger partial charge in [0.2, 0.25) is 5.78 Å². The Morgan fingerprint density at radius 1 is 1.15 bits per heavy atom. The SMILES string of the molecule is COCCN1C(=O)C(O)=C(C(=O)c2cc3cc(Cl)ccc3o2)C1c1cccc(OC)c1OC. The summed E-state index contributed by atoms with van der Waals surface area (Å²) < 4.78 is 21.8. The fourth-order valence-electron chi connectivity index (χ4n) is 4.02. The molecule has 1 aliphatic rings. The number of halogens is 1. The molecule has 0 fully saturated rings. The summed E-state index contributed by atoms with van der Waals surface area (Å²) in [5.41, 5.74) is 0.819. The number of hydrogen-bond donors (Lipinski definition) is 1. The highest BCUT2D eigenvalue weighted by atomic mass is 35.5. The van der Waals surface area contributed by atoms with Gasteiger partial charge in [0.05, 0.1) is 32.4 Å². The van der Waals surface area contributed by atoms with Crippen LogP contribution in [0.5, 0.6) is 11.5 Å². The van der Waals surface area contributed by atoms with Crippen LogP contribution < -0.4 is 9.47 Å². The first-order valence-corrected chi connectivity index (χ1v) is 10.5. The summed E-state index contributed by atoms with van der Waals surface area (Å²) in [7, 11) is 4.45. The molecule has 0 aliphatic carbocycles. The predicted octanol–water partition coefficient (Wildman–Crippen LogP) is 4.33. The Morgan fingerprint density at radius 2 is 1.94 bits per heavy atom. The largest absolute Gasteiger partial charge is 0.503 e. The maximum atomic E-state index is 13.6. The van der Waals surface area contributed by atoms with E-state index in [-0.39, 0.29) is 24.5 Å². The molecule has 0 spiro atoms. The lowest BCUT2D eigenvalue weighted by Gasteiger charge is -2.28. The van der Waals surface area contributed by atoms with E-state index < -0.39 is 23.5 Å². The van der Waals surface area contributed by atoms with Gasteiger partial charge >= 0.3 is 0 Å². The van der Waals surface area contributed by atoms with Crippen LogP contribution in [0.15, 0.2) is 58.2 Å². The van der Waals surface area contributed by atoms with E-state index in [0.717, 1.165) is 0 Å². The van der Waals surface area contributed by atoms with Gasteiger partial charge in [-0.15, -0.1) is 0 Å². The second-order valence-corrected chi connectivity index (χ2v) is 7.80. The number of ether oxygens (including phenoxy) is 3. The van der Waals surface area contributed by atoms with Gasteiger partial charge in [-0.1, -0.05) is 23.7 Å². The van der Waals surface area contributed by atoms with Crippen molar-refractivity contribution in [3.05, 3.63) is 70.1 Å². The van der Waals surface area contributed by atoms with Crippen molar-refractivity contribution in [3.8, 4) is 11.5 Å². The van der Waals surface area contributed by atoms with E-state index >= 15 is 0 Å². The van der Waals surface area contributed by atoms with Gasteiger partial charge in [-0.25, -0.2) is 0 Å². The number of para-hydroxylation sites is 1. The first-order valence-electron chi connectivity index (χ1n) is 10.1. The topological polar surface area (TPSA) is 98.4 Å². The van der Waals surface area contributed by atoms with Crippen molar-refractivity contribution in [1.82, 2.24) is 4.90 Å². The van der Waals surface area contributed by atoms with Crippen molar-refractivity contribution < 1.29 is 33.3 Å². The summed E-state index contributed by atoms with van der Waals surface area (Å²) in [6, 6.07) is 10.7. The fraction of sp³-hybridized carbons (Fsp3) is 0.250. The molecule has 33 heavy (non-hydrogen) atoms. The number of methoxy groups -OCH3 is 3.